The summed E-state index contributed by atoms with van der Waals surface area (Å²) in [4.78, 5) is 0. The Labute approximate surface area is 199 Å². The van der Waals surface area contributed by atoms with Crippen LogP contribution in [-0.2, 0) is 16.5 Å². The monoisotopic (exact) mass is 491 g/mol. The Bertz CT molecular complexity index is 805. The molecule has 4 aromatic carbocycles. The molecule has 0 aromatic heterocycles. The smallest absolute Gasteiger partial charge is 1.00 e. The van der Waals surface area contributed by atoms with Crippen LogP contribution in [0.1, 0.15) is 0 Å². The van der Waals surface area contributed by atoms with Crippen molar-refractivity contribution in [2.24, 2.45) is 0 Å². The Balaban J connectivity index is 0.00000160. The van der Waals surface area contributed by atoms with Gasteiger partial charge in [-0.05, 0) is 49.4 Å². The van der Waals surface area contributed by atoms with E-state index in [4.69, 9.17) is 0 Å². The summed E-state index contributed by atoms with van der Waals surface area (Å²) in [5.41, 5.74) is 0. The molecule has 4 aromatic rings. The zero-order valence-electron chi connectivity index (χ0n) is 16.5. The summed E-state index contributed by atoms with van der Waals surface area (Å²) in [7, 11) is -0.696. The summed E-state index contributed by atoms with van der Waals surface area (Å²) < 4.78 is 0. The van der Waals surface area contributed by atoms with Gasteiger partial charge in [-0.1, -0.05) is 121 Å². The summed E-state index contributed by atoms with van der Waals surface area (Å²) in [6, 6.07) is 44.2. The third-order valence-corrected chi connectivity index (χ3v) is 10.2. The van der Waals surface area contributed by atoms with Crippen LogP contribution in [0.5, 0.6) is 0 Å². The molecule has 0 aliphatic rings. The van der Waals surface area contributed by atoms with Gasteiger partial charge in [-0.25, -0.2) is 0 Å². The van der Waals surface area contributed by atoms with Gasteiger partial charge in [-0.15, -0.1) is 0 Å². The van der Waals surface area contributed by atoms with Gasteiger partial charge in [-0.3, -0.25) is 0 Å². The van der Waals surface area contributed by atoms with E-state index >= 15 is 0 Å². The maximum absolute atomic E-state index is 2.30. The van der Waals surface area contributed by atoms with Gasteiger partial charge in [0.1, 0.15) is 0 Å². The Hall–Kier alpha value is -1.48. The maximum atomic E-state index is 2.30. The maximum Gasteiger partial charge on any atom is 2.00 e. The van der Waals surface area contributed by atoms with Gasteiger partial charge in [-0.2, -0.15) is 0 Å². The van der Waals surface area contributed by atoms with Crippen LogP contribution in [0.25, 0.3) is 0 Å². The van der Waals surface area contributed by atoms with Gasteiger partial charge in [0.05, 0.1) is 0 Å². The molecule has 0 aliphatic heterocycles. The molecule has 154 valence electrons. The number of halogens is 1. The predicted molar refractivity (Wildman–Crippen MR) is 128 cm³/mol. The average Bonchev–Trinajstić information content (AvgIpc) is 2.79. The minimum Gasteiger partial charge on any atom is -1.00 e. The SMILES string of the molecule is [Cl-].[Ni+2].c1ccc(P(CCP(c2ccccc2)c2ccccc2)c2ccccc2)cc1. The van der Waals surface area contributed by atoms with Crippen LogP contribution in [0.4, 0.5) is 0 Å². The largest absolute Gasteiger partial charge is 2.00 e. The van der Waals surface area contributed by atoms with Crippen LogP contribution in [0.2, 0.25) is 0 Å². The summed E-state index contributed by atoms with van der Waals surface area (Å²) in [5.74, 6) is 0. The summed E-state index contributed by atoms with van der Waals surface area (Å²) >= 11 is 0. The van der Waals surface area contributed by atoms with Gasteiger partial charge < -0.3 is 12.4 Å². The Kier molecular flexibility index (Phi) is 10.8. The second-order valence-corrected chi connectivity index (χ2v) is 11.3. The minimum absolute atomic E-state index is 0. The van der Waals surface area contributed by atoms with Gasteiger partial charge in [0.2, 0.25) is 0 Å². The topological polar surface area (TPSA) is 0 Å². The van der Waals surface area contributed by atoms with Gasteiger partial charge in [0, 0.05) is 0 Å². The molecular formula is C26H24ClNiP2+. The molecule has 4 rings (SSSR count). The van der Waals surface area contributed by atoms with Crippen LogP contribution in [0, 0.1) is 0 Å². The van der Waals surface area contributed by atoms with E-state index in [1.54, 1.807) is 0 Å². The van der Waals surface area contributed by atoms with E-state index in [0.29, 0.717) is 0 Å². The van der Waals surface area contributed by atoms with Crippen molar-refractivity contribution >= 4 is 37.1 Å². The molecule has 0 amide bonds. The standard InChI is InChI=1S/C26H24P2.ClH.Ni/c1-5-13-23(14-6-1)27(24-15-7-2-8-16-24)21-22-28(25-17-9-3-10-18-25)26-19-11-4-12-20-26;;/h1-20H,21-22H2;1H;/q;;+2/p-1. The number of rotatable bonds is 7. The molecule has 0 heterocycles. The van der Waals surface area contributed by atoms with Crippen LogP contribution in [0.3, 0.4) is 0 Å². The fourth-order valence-electron chi connectivity index (χ4n) is 3.45. The van der Waals surface area contributed by atoms with Crippen LogP contribution >= 0.6 is 15.8 Å². The van der Waals surface area contributed by atoms with E-state index < -0.39 is 0 Å². The van der Waals surface area contributed by atoms with Crippen molar-refractivity contribution in [3.05, 3.63) is 121 Å². The molecule has 30 heavy (non-hydrogen) atoms. The summed E-state index contributed by atoms with van der Waals surface area (Å²) in [6.45, 7) is 0. The van der Waals surface area contributed by atoms with Crippen LogP contribution < -0.4 is 33.6 Å². The van der Waals surface area contributed by atoms with E-state index in [9.17, 15) is 0 Å². The van der Waals surface area contributed by atoms with Crippen molar-refractivity contribution < 1.29 is 28.9 Å². The zero-order chi connectivity index (χ0) is 19.0. The first-order valence-electron chi connectivity index (χ1n) is 9.67. The molecule has 0 spiro atoms. The number of benzene rings is 4. The summed E-state index contributed by atoms with van der Waals surface area (Å²) in [5, 5.41) is 5.89. The quantitative estimate of drug-likeness (QED) is 0.274. The van der Waals surface area contributed by atoms with Crippen molar-refractivity contribution in [3.63, 3.8) is 0 Å². The van der Waals surface area contributed by atoms with Gasteiger partial charge >= 0.3 is 16.5 Å². The third kappa shape index (κ3) is 6.51. The number of hydrogen-bond donors (Lipinski definition) is 0. The van der Waals surface area contributed by atoms with Gasteiger partial charge in [0.15, 0.2) is 0 Å². The Morgan fingerprint density at radius 3 is 0.767 bits per heavy atom. The average molecular weight is 493 g/mol. The van der Waals surface area contributed by atoms with E-state index in [1.165, 1.54) is 33.5 Å². The first kappa shape index (κ1) is 24.8. The molecule has 0 atom stereocenters. The van der Waals surface area contributed by atoms with Crippen LogP contribution in [-0.4, -0.2) is 12.3 Å². The van der Waals surface area contributed by atoms with E-state index in [1.807, 2.05) is 0 Å². The van der Waals surface area contributed by atoms with E-state index in [-0.39, 0.29) is 44.7 Å². The van der Waals surface area contributed by atoms with Crippen LogP contribution in [0.15, 0.2) is 121 Å². The molecule has 0 saturated carbocycles. The zero-order valence-corrected chi connectivity index (χ0v) is 20.1. The molecule has 4 heteroatoms. The normalized spacial score (nSPS) is 10.3. The molecule has 0 aliphatic carbocycles. The van der Waals surface area contributed by atoms with Gasteiger partial charge in [0.25, 0.3) is 0 Å². The predicted octanol–water partition coefficient (Wildman–Crippen LogP) is 2.25. The fourth-order valence-corrected chi connectivity index (χ4v) is 8.80. The fraction of sp³-hybridized carbons (Fsp3) is 0.0769. The first-order valence-corrected chi connectivity index (χ1v) is 12.7. The number of hydrogen-bond acceptors (Lipinski definition) is 0. The molecular weight excluding hydrogens is 468 g/mol. The molecule has 0 N–H and O–H groups in total. The van der Waals surface area contributed by atoms with Crippen molar-refractivity contribution in [2.75, 3.05) is 12.3 Å². The van der Waals surface area contributed by atoms with Crippen molar-refractivity contribution in [1.29, 1.82) is 0 Å². The Morgan fingerprint density at radius 2 is 0.567 bits per heavy atom. The second-order valence-electron chi connectivity index (χ2n) is 6.65. The minimum atomic E-state index is -0.348. The van der Waals surface area contributed by atoms with Crippen molar-refractivity contribution in [1.82, 2.24) is 0 Å². The second kappa shape index (κ2) is 13.0. The first-order chi connectivity index (χ1) is 13.9. The van der Waals surface area contributed by atoms with E-state index in [0.717, 1.165) is 0 Å². The molecule has 0 nitrogen and oxygen atoms in total. The molecule has 0 radical (unpaired) electrons. The Morgan fingerprint density at radius 1 is 0.367 bits per heavy atom. The van der Waals surface area contributed by atoms with Crippen molar-refractivity contribution in [3.8, 4) is 0 Å². The summed E-state index contributed by atoms with van der Waals surface area (Å²) in [6.07, 6.45) is 2.41. The molecule has 0 unspecified atom stereocenters. The molecule has 0 saturated heterocycles. The van der Waals surface area contributed by atoms with Crippen molar-refractivity contribution in [2.45, 2.75) is 0 Å². The third-order valence-electron chi connectivity index (χ3n) is 4.82. The molecule has 0 bridgehead atoms. The van der Waals surface area contributed by atoms with E-state index in [2.05, 4.69) is 121 Å². The molecule has 0 fully saturated rings.